The molecule has 0 aliphatic rings. The third-order valence-electron chi connectivity index (χ3n) is 2.92. The van der Waals surface area contributed by atoms with E-state index < -0.39 is 11.9 Å². The smallest absolute Gasteiger partial charge is 0.305 e. The van der Waals surface area contributed by atoms with Gasteiger partial charge in [-0.3, -0.25) is 9.59 Å². The number of carbonyl (C=O) groups is 2. The lowest BCUT2D eigenvalue weighted by Gasteiger charge is -2.24. The maximum atomic E-state index is 10.7. The van der Waals surface area contributed by atoms with Gasteiger partial charge in [0.25, 0.3) is 0 Å². The van der Waals surface area contributed by atoms with Gasteiger partial charge < -0.3 is 24.6 Å². The maximum Gasteiger partial charge on any atom is 0.305 e. The van der Waals surface area contributed by atoms with Gasteiger partial charge in [0.1, 0.15) is 0 Å². The van der Waals surface area contributed by atoms with E-state index in [1.807, 2.05) is 0 Å². The van der Waals surface area contributed by atoms with E-state index in [2.05, 4.69) is 0 Å². The number of carboxylic acid groups (broad SMARTS) is 2. The summed E-state index contributed by atoms with van der Waals surface area (Å²) in [6.45, 7) is 0.441. The summed E-state index contributed by atoms with van der Waals surface area (Å²) < 4.78 is 10.3. The van der Waals surface area contributed by atoms with Gasteiger partial charge in [0.15, 0.2) is 11.5 Å². The summed E-state index contributed by atoms with van der Waals surface area (Å²) in [6, 6.07) is 5.14. The summed E-state index contributed by atoms with van der Waals surface area (Å²) in [5.41, 5.74) is 0.690. The Hall–Kier alpha value is -2.44. The van der Waals surface area contributed by atoms with Crippen LogP contribution in [0.15, 0.2) is 18.2 Å². The molecule has 0 aliphatic carbocycles. The van der Waals surface area contributed by atoms with Crippen LogP contribution in [-0.4, -0.2) is 49.5 Å². The average molecular weight is 297 g/mol. The molecule has 1 aromatic rings. The first-order chi connectivity index (χ1) is 9.97. The molecule has 0 aromatic heterocycles. The van der Waals surface area contributed by atoms with Crippen molar-refractivity contribution in [3.63, 3.8) is 0 Å². The maximum absolute atomic E-state index is 10.7. The highest BCUT2D eigenvalue weighted by Gasteiger charge is 2.13. The highest BCUT2D eigenvalue weighted by atomic mass is 16.5. The number of methoxy groups -OCH3 is 2. The molecule has 0 radical (unpaired) electrons. The van der Waals surface area contributed by atoms with Crippen molar-refractivity contribution in [1.82, 2.24) is 0 Å². The standard InChI is InChI=1S/C14H19NO6/c1-20-11-4-3-10(9-12(11)21-2)15(7-5-13(16)17)8-6-14(18)19/h3-4,9H,5-8H2,1-2H3,(H,16,17)(H,18,19). The van der Waals surface area contributed by atoms with Crippen LogP contribution in [0.5, 0.6) is 11.5 Å². The van der Waals surface area contributed by atoms with Crippen molar-refractivity contribution in [2.45, 2.75) is 12.8 Å². The Morgan fingerprint density at radius 3 is 1.95 bits per heavy atom. The summed E-state index contributed by atoms with van der Waals surface area (Å²) >= 11 is 0. The molecule has 0 saturated heterocycles. The van der Waals surface area contributed by atoms with Crippen molar-refractivity contribution >= 4 is 17.6 Å². The van der Waals surface area contributed by atoms with Gasteiger partial charge in [-0.1, -0.05) is 0 Å². The lowest BCUT2D eigenvalue weighted by atomic mass is 10.2. The molecule has 0 heterocycles. The number of hydrogen-bond donors (Lipinski definition) is 2. The fourth-order valence-electron chi connectivity index (χ4n) is 1.85. The van der Waals surface area contributed by atoms with Crippen molar-refractivity contribution in [3.8, 4) is 11.5 Å². The third kappa shape index (κ3) is 5.21. The van der Waals surface area contributed by atoms with Crippen LogP contribution >= 0.6 is 0 Å². The van der Waals surface area contributed by atoms with Crippen molar-refractivity contribution in [1.29, 1.82) is 0 Å². The van der Waals surface area contributed by atoms with Crippen LogP contribution in [0.25, 0.3) is 0 Å². The minimum Gasteiger partial charge on any atom is -0.493 e. The molecule has 0 amide bonds. The molecule has 0 unspecified atom stereocenters. The largest absolute Gasteiger partial charge is 0.493 e. The molecule has 116 valence electrons. The lowest BCUT2D eigenvalue weighted by molar-refractivity contribution is -0.137. The van der Waals surface area contributed by atoms with Gasteiger partial charge in [0.05, 0.1) is 27.1 Å². The van der Waals surface area contributed by atoms with Crippen LogP contribution in [0, 0.1) is 0 Å². The molecule has 0 spiro atoms. The first-order valence-corrected chi connectivity index (χ1v) is 6.38. The van der Waals surface area contributed by atoms with Crippen molar-refractivity contribution in [2.24, 2.45) is 0 Å². The van der Waals surface area contributed by atoms with E-state index >= 15 is 0 Å². The van der Waals surface area contributed by atoms with Crippen LogP contribution in [0.2, 0.25) is 0 Å². The highest BCUT2D eigenvalue weighted by Crippen LogP contribution is 2.31. The fraction of sp³-hybridized carbons (Fsp3) is 0.429. The number of hydrogen-bond acceptors (Lipinski definition) is 5. The number of anilines is 1. The van der Waals surface area contributed by atoms with Gasteiger partial charge in [-0.15, -0.1) is 0 Å². The van der Waals surface area contributed by atoms with Crippen LogP contribution in [0.4, 0.5) is 5.69 Å². The van der Waals surface area contributed by atoms with Crippen LogP contribution < -0.4 is 14.4 Å². The Kier molecular flexibility index (Phi) is 6.32. The van der Waals surface area contributed by atoms with Crippen LogP contribution in [0.3, 0.4) is 0 Å². The SMILES string of the molecule is COc1ccc(N(CCC(=O)O)CCC(=O)O)cc1OC. The van der Waals surface area contributed by atoms with Gasteiger partial charge in [-0.25, -0.2) is 0 Å². The second-order valence-electron chi connectivity index (χ2n) is 4.31. The number of ether oxygens (including phenoxy) is 2. The van der Waals surface area contributed by atoms with Gasteiger partial charge in [0, 0.05) is 24.8 Å². The molecule has 7 heteroatoms. The van der Waals surface area contributed by atoms with Gasteiger partial charge >= 0.3 is 11.9 Å². The fourth-order valence-corrected chi connectivity index (χ4v) is 1.85. The molecule has 21 heavy (non-hydrogen) atoms. The molecular formula is C14H19NO6. The molecule has 0 bridgehead atoms. The molecule has 7 nitrogen and oxygen atoms in total. The van der Waals surface area contributed by atoms with Crippen molar-refractivity contribution < 1.29 is 29.3 Å². The van der Waals surface area contributed by atoms with E-state index in [-0.39, 0.29) is 25.9 Å². The predicted octanol–water partition coefficient (Wildman–Crippen LogP) is 1.46. The van der Waals surface area contributed by atoms with E-state index in [0.29, 0.717) is 17.2 Å². The number of carboxylic acids is 2. The molecule has 1 rings (SSSR count). The van der Waals surface area contributed by atoms with Crippen molar-refractivity contribution in [2.75, 3.05) is 32.2 Å². The van der Waals surface area contributed by atoms with Gasteiger partial charge in [0.2, 0.25) is 0 Å². The molecule has 1 aromatic carbocycles. The zero-order valence-electron chi connectivity index (χ0n) is 12.0. The molecule has 0 saturated carbocycles. The summed E-state index contributed by atoms with van der Waals surface area (Å²) in [6.07, 6.45) is -0.151. The van der Waals surface area contributed by atoms with Crippen molar-refractivity contribution in [3.05, 3.63) is 18.2 Å². The Balaban J connectivity index is 2.94. The van der Waals surface area contributed by atoms with E-state index in [9.17, 15) is 9.59 Å². The number of benzene rings is 1. The van der Waals surface area contributed by atoms with E-state index in [0.717, 1.165) is 0 Å². The van der Waals surface area contributed by atoms with E-state index in [4.69, 9.17) is 19.7 Å². The zero-order chi connectivity index (χ0) is 15.8. The highest BCUT2D eigenvalue weighted by molar-refractivity contribution is 5.69. The molecule has 0 atom stereocenters. The Morgan fingerprint density at radius 2 is 1.52 bits per heavy atom. The molecule has 0 aliphatic heterocycles. The first-order valence-electron chi connectivity index (χ1n) is 6.38. The van der Waals surface area contributed by atoms with Crippen LogP contribution in [-0.2, 0) is 9.59 Å². The van der Waals surface area contributed by atoms with Gasteiger partial charge in [-0.2, -0.15) is 0 Å². The normalized spacial score (nSPS) is 10.0. The summed E-state index contributed by atoms with van der Waals surface area (Å²) in [7, 11) is 3.02. The van der Waals surface area contributed by atoms with Crippen LogP contribution in [0.1, 0.15) is 12.8 Å². The monoisotopic (exact) mass is 297 g/mol. The molecule has 0 fully saturated rings. The summed E-state index contributed by atoms with van der Waals surface area (Å²) in [4.78, 5) is 23.1. The Labute approximate surface area is 122 Å². The van der Waals surface area contributed by atoms with Gasteiger partial charge in [-0.05, 0) is 12.1 Å². The third-order valence-corrected chi connectivity index (χ3v) is 2.92. The Morgan fingerprint density at radius 1 is 1.00 bits per heavy atom. The molecular weight excluding hydrogens is 278 g/mol. The minimum absolute atomic E-state index is 0.0754. The first kappa shape index (κ1) is 16.6. The number of rotatable bonds is 9. The second kappa shape index (κ2) is 7.98. The average Bonchev–Trinajstić information content (AvgIpc) is 2.46. The number of aliphatic carboxylic acids is 2. The Bertz CT molecular complexity index is 484. The summed E-state index contributed by atoms with van der Waals surface area (Å²) in [5.74, 6) is -0.810. The molecule has 2 N–H and O–H groups in total. The lowest BCUT2D eigenvalue weighted by Crippen LogP contribution is -2.28. The topological polar surface area (TPSA) is 96.3 Å². The minimum atomic E-state index is -0.934. The quantitative estimate of drug-likeness (QED) is 0.712. The predicted molar refractivity (Wildman–Crippen MR) is 76.3 cm³/mol. The number of nitrogens with zero attached hydrogens (tertiary/aromatic N) is 1. The van der Waals surface area contributed by atoms with E-state index in [1.54, 1.807) is 23.1 Å². The second-order valence-corrected chi connectivity index (χ2v) is 4.31. The zero-order valence-corrected chi connectivity index (χ0v) is 12.0. The van der Waals surface area contributed by atoms with E-state index in [1.165, 1.54) is 14.2 Å². The summed E-state index contributed by atoms with van der Waals surface area (Å²) in [5, 5.41) is 17.6.